The van der Waals surface area contributed by atoms with Gasteiger partial charge >= 0.3 is 0 Å². The smallest absolute Gasteiger partial charge is 0.123 e. The van der Waals surface area contributed by atoms with E-state index in [9.17, 15) is 4.39 Å². The Morgan fingerprint density at radius 3 is 2.25 bits per heavy atom. The van der Waals surface area contributed by atoms with Gasteiger partial charge in [0.2, 0.25) is 0 Å². The van der Waals surface area contributed by atoms with E-state index in [0.717, 1.165) is 41.4 Å². The molecule has 0 fully saturated rings. The van der Waals surface area contributed by atoms with Crippen LogP contribution in [0, 0.1) is 5.82 Å². The first-order valence-electron chi connectivity index (χ1n) is 9.63. The standard InChI is InChI=1S/C12H11FN2.C9H12O2.C2H6/c13-10-5-3-9(4-6-10)11-8-15-7-1-2-12(15)14-11;1-10-7-8-3-5-9(11-2)6-4-8;1-2/h3-6,8H,1-2,7H2;3-6H,7H2,1-2H3;1-2H3. The minimum atomic E-state index is -0.203. The van der Waals surface area contributed by atoms with E-state index in [2.05, 4.69) is 15.7 Å². The number of benzene rings is 2. The Morgan fingerprint density at radius 2 is 1.68 bits per heavy atom. The molecule has 0 spiro atoms. The highest BCUT2D eigenvalue weighted by molar-refractivity contribution is 5.58. The number of nitrogens with zero attached hydrogens (tertiary/aromatic N) is 2. The lowest BCUT2D eigenvalue weighted by Gasteiger charge is -2.01. The van der Waals surface area contributed by atoms with Crippen LogP contribution in [-0.4, -0.2) is 23.8 Å². The first kappa shape index (κ1) is 21.6. The number of hydrogen-bond acceptors (Lipinski definition) is 3. The van der Waals surface area contributed by atoms with E-state index in [0.29, 0.717) is 6.61 Å². The van der Waals surface area contributed by atoms with Crippen LogP contribution in [0.3, 0.4) is 0 Å². The van der Waals surface area contributed by atoms with E-state index in [1.54, 1.807) is 26.4 Å². The van der Waals surface area contributed by atoms with Crippen LogP contribution >= 0.6 is 0 Å². The molecular weight excluding hydrogens is 355 g/mol. The molecule has 3 aromatic rings. The van der Waals surface area contributed by atoms with Crippen molar-refractivity contribution < 1.29 is 13.9 Å². The molecule has 0 unspecified atom stereocenters. The molecule has 0 N–H and O–H groups in total. The number of fused-ring (bicyclic) bond motifs is 1. The van der Waals surface area contributed by atoms with E-state index in [1.165, 1.54) is 18.6 Å². The molecule has 1 aliphatic rings. The average molecular weight is 384 g/mol. The van der Waals surface area contributed by atoms with Crippen LogP contribution in [-0.2, 0) is 24.3 Å². The molecule has 0 amide bonds. The lowest BCUT2D eigenvalue weighted by Crippen LogP contribution is -1.87. The maximum absolute atomic E-state index is 12.7. The second kappa shape index (κ2) is 11.2. The third-order valence-corrected chi connectivity index (χ3v) is 4.27. The van der Waals surface area contributed by atoms with E-state index in [-0.39, 0.29) is 5.82 Å². The summed E-state index contributed by atoms with van der Waals surface area (Å²) in [7, 11) is 3.34. The summed E-state index contributed by atoms with van der Waals surface area (Å²) in [5.41, 5.74) is 3.09. The summed E-state index contributed by atoms with van der Waals surface area (Å²) in [5.74, 6) is 1.82. The molecule has 0 atom stereocenters. The summed E-state index contributed by atoms with van der Waals surface area (Å²) in [6.07, 6.45) is 4.29. The number of aromatic nitrogens is 2. The lowest BCUT2D eigenvalue weighted by molar-refractivity contribution is 0.185. The van der Waals surface area contributed by atoms with Crippen LogP contribution < -0.4 is 4.74 Å². The Bertz CT molecular complexity index is 805. The van der Waals surface area contributed by atoms with Gasteiger partial charge in [-0.2, -0.15) is 0 Å². The molecule has 1 aliphatic heterocycles. The Kier molecular flexibility index (Phi) is 8.69. The molecular formula is C23H29FN2O2. The fraction of sp³-hybridized carbons (Fsp3) is 0.348. The van der Waals surface area contributed by atoms with Crippen LogP contribution in [0.25, 0.3) is 11.3 Å². The van der Waals surface area contributed by atoms with Gasteiger partial charge in [0.1, 0.15) is 17.4 Å². The van der Waals surface area contributed by atoms with Crippen molar-refractivity contribution >= 4 is 0 Å². The van der Waals surface area contributed by atoms with Crippen molar-refractivity contribution in [1.29, 1.82) is 0 Å². The number of methoxy groups -OCH3 is 2. The van der Waals surface area contributed by atoms with Crippen LogP contribution in [0.1, 0.15) is 31.7 Å². The Labute approximate surface area is 167 Å². The molecule has 0 radical (unpaired) electrons. The number of rotatable bonds is 4. The molecule has 0 saturated heterocycles. The molecule has 2 aromatic carbocycles. The second-order valence-electron chi connectivity index (χ2n) is 6.13. The van der Waals surface area contributed by atoms with Crippen LogP contribution in [0.5, 0.6) is 5.75 Å². The first-order chi connectivity index (χ1) is 13.7. The predicted octanol–water partition coefficient (Wildman–Crippen LogP) is 5.50. The predicted molar refractivity (Wildman–Crippen MR) is 111 cm³/mol. The number of imidazole rings is 1. The van der Waals surface area contributed by atoms with E-state index >= 15 is 0 Å². The van der Waals surface area contributed by atoms with Crippen molar-refractivity contribution in [2.75, 3.05) is 14.2 Å². The molecule has 0 bridgehead atoms. The molecule has 0 saturated carbocycles. The Hall–Kier alpha value is -2.66. The van der Waals surface area contributed by atoms with Gasteiger partial charge in [-0.3, -0.25) is 0 Å². The summed E-state index contributed by atoms with van der Waals surface area (Å²) in [6, 6.07) is 14.3. The summed E-state index contributed by atoms with van der Waals surface area (Å²) >= 11 is 0. The van der Waals surface area contributed by atoms with Crippen molar-refractivity contribution in [2.24, 2.45) is 0 Å². The highest BCUT2D eigenvalue weighted by Crippen LogP contribution is 2.22. The number of aryl methyl sites for hydroxylation is 2. The molecule has 2 heterocycles. The fourth-order valence-electron chi connectivity index (χ4n) is 2.90. The van der Waals surface area contributed by atoms with Crippen molar-refractivity contribution in [3.8, 4) is 17.0 Å². The molecule has 5 heteroatoms. The molecule has 4 rings (SSSR count). The normalized spacial score (nSPS) is 11.6. The van der Waals surface area contributed by atoms with Gasteiger partial charge in [0.15, 0.2) is 0 Å². The zero-order valence-electron chi connectivity index (χ0n) is 17.1. The quantitative estimate of drug-likeness (QED) is 0.596. The van der Waals surface area contributed by atoms with Crippen molar-refractivity contribution in [2.45, 2.75) is 39.8 Å². The molecule has 1 aromatic heterocycles. The Balaban J connectivity index is 0.000000193. The topological polar surface area (TPSA) is 36.3 Å². The highest BCUT2D eigenvalue weighted by atomic mass is 19.1. The van der Waals surface area contributed by atoms with E-state index in [4.69, 9.17) is 9.47 Å². The summed E-state index contributed by atoms with van der Waals surface area (Å²) in [6.45, 7) is 5.72. The highest BCUT2D eigenvalue weighted by Gasteiger charge is 2.14. The van der Waals surface area contributed by atoms with Gasteiger partial charge < -0.3 is 14.0 Å². The van der Waals surface area contributed by atoms with Crippen LogP contribution in [0.4, 0.5) is 4.39 Å². The van der Waals surface area contributed by atoms with Gasteiger partial charge in [0.25, 0.3) is 0 Å². The molecule has 28 heavy (non-hydrogen) atoms. The third-order valence-electron chi connectivity index (χ3n) is 4.27. The van der Waals surface area contributed by atoms with Gasteiger partial charge in [0, 0.05) is 31.8 Å². The Morgan fingerprint density at radius 1 is 1.00 bits per heavy atom. The van der Waals surface area contributed by atoms with Gasteiger partial charge in [-0.15, -0.1) is 0 Å². The van der Waals surface area contributed by atoms with Gasteiger partial charge in [0.05, 0.1) is 19.4 Å². The minimum Gasteiger partial charge on any atom is -0.497 e. The average Bonchev–Trinajstić information content (AvgIpc) is 3.34. The number of hydrogen-bond donors (Lipinski definition) is 0. The number of ether oxygens (including phenoxy) is 2. The molecule has 150 valence electrons. The first-order valence-corrected chi connectivity index (χ1v) is 9.63. The summed E-state index contributed by atoms with van der Waals surface area (Å²) < 4.78 is 24.9. The number of halogens is 1. The van der Waals surface area contributed by atoms with Crippen molar-refractivity contribution in [1.82, 2.24) is 9.55 Å². The summed E-state index contributed by atoms with van der Waals surface area (Å²) in [5, 5.41) is 0. The SMILES string of the molecule is CC.COCc1ccc(OC)cc1.Fc1ccc(-c2cn3c(n2)CCC3)cc1. The molecule has 4 nitrogen and oxygen atoms in total. The zero-order valence-corrected chi connectivity index (χ0v) is 17.1. The van der Waals surface area contributed by atoms with Gasteiger partial charge in [-0.25, -0.2) is 9.37 Å². The minimum absolute atomic E-state index is 0.203. The second-order valence-corrected chi connectivity index (χ2v) is 6.13. The van der Waals surface area contributed by atoms with E-state index < -0.39 is 0 Å². The zero-order chi connectivity index (χ0) is 20.4. The maximum Gasteiger partial charge on any atom is 0.123 e. The fourth-order valence-corrected chi connectivity index (χ4v) is 2.90. The van der Waals surface area contributed by atoms with Crippen molar-refractivity contribution in [3.63, 3.8) is 0 Å². The van der Waals surface area contributed by atoms with Crippen LogP contribution in [0.2, 0.25) is 0 Å². The summed E-state index contributed by atoms with van der Waals surface area (Å²) in [4.78, 5) is 4.53. The largest absolute Gasteiger partial charge is 0.497 e. The van der Waals surface area contributed by atoms with Crippen LogP contribution in [0.15, 0.2) is 54.7 Å². The lowest BCUT2D eigenvalue weighted by atomic mass is 10.2. The maximum atomic E-state index is 12.7. The van der Waals surface area contributed by atoms with Gasteiger partial charge in [-0.05, 0) is 48.4 Å². The monoisotopic (exact) mass is 384 g/mol. The van der Waals surface area contributed by atoms with E-state index in [1.807, 2.05) is 38.1 Å². The molecule has 0 aliphatic carbocycles. The third kappa shape index (κ3) is 5.92. The van der Waals surface area contributed by atoms with Crippen molar-refractivity contribution in [3.05, 3.63) is 71.9 Å². The van der Waals surface area contributed by atoms with Gasteiger partial charge in [-0.1, -0.05) is 26.0 Å².